The molecule has 0 spiro atoms. The highest BCUT2D eigenvalue weighted by atomic mass is 16.5. The minimum atomic E-state index is -0.368. The summed E-state index contributed by atoms with van der Waals surface area (Å²) in [6.45, 7) is 1.73. The molecule has 26 heavy (non-hydrogen) atoms. The molecule has 3 aromatic rings. The summed E-state index contributed by atoms with van der Waals surface area (Å²) < 4.78 is 11.7. The van der Waals surface area contributed by atoms with Crippen LogP contribution < -0.4 is 20.3 Å². The largest absolute Gasteiger partial charge is 0.497 e. The molecule has 0 aliphatic heterocycles. The first kappa shape index (κ1) is 17.5. The van der Waals surface area contributed by atoms with Crippen LogP contribution in [-0.2, 0) is 11.3 Å². The Bertz CT molecular complexity index is 1030. The molecule has 134 valence electrons. The number of carbonyl (C=O) groups is 1. The summed E-state index contributed by atoms with van der Waals surface area (Å²) in [4.78, 5) is 29.3. The summed E-state index contributed by atoms with van der Waals surface area (Å²) >= 11 is 0. The summed E-state index contributed by atoms with van der Waals surface area (Å²) in [6.07, 6.45) is 1.39. The molecule has 3 rings (SSSR count). The van der Waals surface area contributed by atoms with E-state index in [4.69, 9.17) is 9.47 Å². The summed E-state index contributed by atoms with van der Waals surface area (Å²) in [5.41, 5.74) is 1.77. The molecule has 2 aromatic carbocycles. The number of aromatic nitrogens is 2. The zero-order valence-corrected chi connectivity index (χ0v) is 14.8. The van der Waals surface area contributed by atoms with Crippen molar-refractivity contribution in [2.75, 3.05) is 19.5 Å². The van der Waals surface area contributed by atoms with Crippen molar-refractivity contribution in [1.29, 1.82) is 0 Å². The van der Waals surface area contributed by atoms with Gasteiger partial charge in [-0.05, 0) is 30.7 Å². The van der Waals surface area contributed by atoms with Crippen LogP contribution in [0.2, 0.25) is 0 Å². The van der Waals surface area contributed by atoms with Crippen molar-refractivity contribution in [3.05, 3.63) is 58.6 Å². The van der Waals surface area contributed by atoms with Gasteiger partial charge in [0.05, 0.1) is 37.1 Å². The molecule has 0 aliphatic carbocycles. The summed E-state index contributed by atoms with van der Waals surface area (Å²) in [6, 6.07) is 10.5. The maximum atomic E-state index is 12.6. The van der Waals surface area contributed by atoms with Gasteiger partial charge in [0.1, 0.15) is 18.0 Å². The number of benzene rings is 2. The number of anilines is 1. The Kier molecular flexibility index (Phi) is 4.88. The molecule has 0 saturated carbocycles. The number of carbonyl (C=O) groups excluding carboxylic acids is 1. The van der Waals surface area contributed by atoms with Crippen molar-refractivity contribution >= 4 is 22.5 Å². The fourth-order valence-corrected chi connectivity index (χ4v) is 2.71. The average molecular weight is 353 g/mol. The normalized spacial score (nSPS) is 10.6. The second-order valence-electron chi connectivity index (χ2n) is 5.76. The van der Waals surface area contributed by atoms with Gasteiger partial charge in [-0.2, -0.15) is 0 Å². The number of hydrogen-bond acceptors (Lipinski definition) is 5. The van der Waals surface area contributed by atoms with E-state index in [9.17, 15) is 9.59 Å². The van der Waals surface area contributed by atoms with Crippen LogP contribution in [0, 0.1) is 6.92 Å². The lowest BCUT2D eigenvalue weighted by molar-refractivity contribution is -0.116. The van der Waals surface area contributed by atoms with Crippen LogP contribution in [-0.4, -0.2) is 29.7 Å². The van der Waals surface area contributed by atoms with Crippen LogP contribution in [0.15, 0.2) is 47.5 Å². The van der Waals surface area contributed by atoms with Gasteiger partial charge in [0, 0.05) is 6.07 Å². The fourth-order valence-electron chi connectivity index (χ4n) is 2.71. The van der Waals surface area contributed by atoms with Crippen LogP contribution >= 0.6 is 0 Å². The quantitative estimate of drug-likeness (QED) is 0.761. The van der Waals surface area contributed by atoms with Gasteiger partial charge in [0.25, 0.3) is 5.56 Å². The second-order valence-corrected chi connectivity index (χ2v) is 5.76. The lowest BCUT2D eigenvalue weighted by Gasteiger charge is -2.12. The zero-order valence-electron chi connectivity index (χ0n) is 14.8. The molecular weight excluding hydrogens is 334 g/mol. The predicted molar refractivity (Wildman–Crippen MR) is 98.9 cm³/mol. The van der Waals surface area contributed by atoms with Gasteiger partial charge < -0.3 is 14.8 Å². The van der Waals surface area contributed by atoms with Gasteiger partial charge in [-0.1, -0.05) is 12.1 Å². The molecule has 0 saturated heterocycles. The molecule has 1 N–H and O–H groups in total. The fraction of sp³-hybridized carbons (Fsp3) is 0.211. The minimum Gasteiger partial charge on any atom is -0.497 e. The number of aryl methyl sites for hydroxylation is 1. The van der Waals surface area contributed by atoms with E-state index in [0.717, 1.165) is 5.56 Å². The summed E-state index contributed by atoms with van der Waals surface area (Å²) in [5.74, 6) is 0.715. The molecule has 7 nitrogen and oxygen atoms in total. The van der Waals surface area contributed by atoms with E-state index in [2.05, 4.69) is 10.3 Å². The van der Waals surface area contributed by atoms with E-state index in [-0.39, 0.29) is 18.0 Å². The Morgan fingerprint density at radius 2 is 2.00 bits per heavy atom. The molecule has 7 heteroatoms. The van der Waals surface area contributed by atoms with Gasteiger partial charge in [-0.25, -0.2) is 4.98 Å². The Hall–Kier alpha value is -3.35. The first-order valence-electron chi connectivity index (χ1n) is 8.00. The number of methoxy groups -OCH3 is 2. The van der Waals surface area contributed by atoms with Crippen LogP contribution in [0.3, 0.4) is 0 Å². The smallest absolute Gasteiger partial charge is 0.261 e. The Balaban J connectivity index is 1.86. The van der Waals surface area contributed by atoms with Crippen molar-refractivity contribution in [3.8, 4) is 11.5 Å². The SMILES string of the molecule is COc1ccc(OC)c(NC(=O)Cn2cnc3c(C)cccc3c2=O)c1. The van der Waals surface area contributed by atoms with E-state index in [1.807, 2.05) is 13.0 Å². The van der Waals surface area contributed by atoms with Gasteiger partial charge in [-0.15, -0.1) is 0 Å². The number of rotatable bonds is 5. The van der Waals surface area contributed by atoms with Gasteiger partial charge in [0.2, 0.25) is 5.91 Å². The number of fused-ring (bicyclic) bond motifs is 1. The number of amides is 1. The molecule has 0 bridgehead atoms. The van der Waals surface area contributed by atoms with Crippen LogP contribution in [0.5, 0.6) is 11.5 Å². The van der Waals surface area contributed by atoms with Crippen LogP contribution in [0.4, 0.5) is 5.69 Å². The van der Waals surface area contributed by atoms with Crippen molar-refractivity contribution in [3.63, 3.8) is 0 Å². The third-order valence-electron chi connectivity index (χ3n) is 4.05. The average Bonchev–Trinajstić information content (AvgIpc) is 2.64. The molecular formula is C19H19N3O4. The van der Waals surface area contributed by atoms with Crippen molar-refractivity contribution < 1.29 is 14.3 Å². The van der Waals surface area contributed by atoms with E-state index >= 15 is 0 Å². The highest BCUT2D eigenvalue weighted by Gasteiger charge is 2.12. The second kappa shape index (κ2) is 7.26. The zero-order chi connectivity index (χ0) is 18.7. The van der Waals surface area contributed by atoms with Crippen LogP contribution in [0.25, 0.3) is 10.9 Å². The first-order valence-corrected chi connectivity index (χ1v) is 8.00. The lowest BCUT2D eigenvalue weighted by atomic mass is 10.1. The van der Waals surface area contributed by atoms with Gasteiger partial charge in [0.15, 0.2) is 0 Å². The Morgan fingerprint density at radius 3 is 2.73 bits per heavy atom. The lowest BCUT2D eigenvalue weighted by Crippen LogP contribution is -2.28. The molecule has 0 atom stereocenters. The van der Waals surface area contributed by atoms with Crippen molar-refractivity contribution in [1.82, 2.24) is 9.55 Å². The number of hydrogen-bond donors (Lipinski definition) is 1. The molecule has 1 amide bonds. The Morgan fingerprint density at radius 1 is 1.19 bits per heavy atom. The standard InChI is InChI=1S/C19H19N3O4/c1-12-5-4-6-14-18(12)20-11-22(19(14)24)10-17(23)21-15-9-13(25-2)7-8-16(15)26-3/h4-9,11H,10H2,1-3H3,(H,21,23). The molecule has 0 unspecified atom stereocenters. The predicted octanol–water partition coefficient (Wildman–Crippen LogP) is 2.36. The number of para-hydroxylation sites is 1. The minimum absolute atomic E-state index is 0.157. The number of ether oxygens (including phenoxy) is 2. The van der Waals surface area contributed by atoms with Gasteiger partial charge >= 0.3 is 0 Å². The van der Waals surface area contributed by atoms with Crippen LogP contribution in [0.1, 0.15) is 5.56 Å². The Labute approximate surface area is 150 Å². The summed E-state index contributed by atoms with van der Waals surface area (Å²) in [5, 5.41) is 3.23. The van der Waals surface area contributed by atoms with E-state index in [1.165, 1.54) is 25.1 Å². The van der Waals surface area contributed by atoms with E-state index in [1.54, 1.807) is 30.3 Å². The molecule has 0 fully saturated rings. The molecule has 1 aromatic heterocycles. The molecule has 1 heterocycles. The third kappa shape index (κ3) is 3.37. The van der Waals surface area contributed by atoms with E-state index < -0.39 is 0 Å². The molecule has 0 radical (unpaired) electrons. The first-order chi connectivity index (χ1) is 12.5. The molecule has 0 aliphatic rings. The third-order valence-corrected chi connectivity index (χ3v) is 4.05. The number of nitrogens with zero attached hydrogens (tertiary/aromatic N) is 2. The number of nitrogens with one attached hydrogen (secondary N) is 1. The van der Waals surface area contributed by atoms with E-state index in [0.29, 0.717) is 28.1 Å². The highest BCUT2D eigenvalue weighted by molar-refractivity contribution is 5.92. The van der Waals surface area contributed by atoms with Crippen molar-refractivity contribution in [2.24, 2.45) is 0 Å². The monoisotopic (exact) mass is 353 g/mol. The van der Waals surface area contributed by atoms with Gasteiger partial charge in [-0.3, -0.25) is 14.2 Å². The van der Waals surface area contributed by atoms with Crippen molar-refractivity contribution in [2.45, 2.75) is 13.5 Å². The topological polar surface area (TPSA) is 82.4 Å². The maximum absolute atomic E-state index is 12.6. The highest BCUT2D eigenvalue weighted by Crippen LogP contribution is 2.28. The maximum Gasteiger partial charge on any atom is 0.261 e. The summed E-state index contributed by atoms with van der Waals surface area (Å²) in [7, 11) is 3.05.